The molecule has 15 heavy (non-hydrogen) atoms. The Balaban J connectivity index is 2.86. The highest BCUT2D eigenvalue weighted by Gasteiger charge is 2.20. The zero-order chi connectivity index (χ0) is 11.2. The van der Waals surface area contributed by atoms with Gasteiger partial charge in [0.05, 0.1) is 10.5 Å². The van der Waals surface area contributed by atoms with Gasteiger partial charge in [-0.3, -0.25) is 0 Å². The van der Waals surface area contributed by atoms with Crippen LogP contribution in [0.4, 0.5) is 5.95 Å². The molecule has 4 heteroatoms. The summed E-state index contributed by atoms with van der Waals surface area (Å²) in [7, 11) is 0. The van der Waals surface area contributed by atoms with E-state index in [-0.39, 0.29) is 5.54 Å². The summed E-state index contributed by atoms with van der Waals surface area (Å²) in [6.07, 6.45) is 0. The van der Waals surface area contributed by atoms with Gasteiger partial charge in [-0.05, 0) is 32.9 Å². The van der Waals surface area contributed by atoms with Crippen LogP contribution in [0.2, 0.25) is 5.02 Å². The van der Waals surface area contributed by atoms with Gasteiger partial charge in [-0.2, -0.15) is 0 Å². The lowest BCUT2D eigenvalue weighted by molar-refractivity contribution is 0.414. The van der Waals surface area contributed by atoms with E-state index in [1.54, 1.807) is 0 Å². The van der Waals surface area contributed by atoms with Crippen LogP contribution in [0.25, 0.3) is 11.0 Å². The fourth-order valence-corrected chi connectivity index (χ4v) is 2.00. The Bertz CT molecular complexity index is 508. The van der Waals surface area contributed by atoms with Crippen molar-refractivity contribution < 1.29 is 0 Å². The van der Waals surface area contributed by atoms with Crippen molar-refractivity contribution in [3.63, 3.8) is 0 Å². The SMILES string of the molecule is CC(C)(C)n1c(N)nc2c(Cl)cccc21. The largest absolute Gasteiger partial charge is 0.369 e. The van der Waals surface area contributed by atoms with E-state index in [9.17, 15) is 0 Å². The van der Waals surface area contributed by atoms with Crippen molar-refractivity contribution in [3.05, 3.63) is 23.2 Å². The van der Waals surface area contributed by atoms with Gasteiger partial charge in [-0.25, -0.2) is 4.98 Å². The molecule has 0 bridgehead atoms. The number of benzene rings is 1. The van der Waals surface area contributed by atoms with Gasteiger partial charge >= 0.3 is 0 Å². The average Bonchev–Trinajstić information content (AvgIpc) is 2.41. The van der Waals surface area contributed by atoms with Gasteiger partial charge in [0, 0.05) is 5.54 Å². The van der Waals surface area contributed by atoms with Gasteiger partial charge in [0.25, 0.3) is 0 Å². The average molecular weight is 224 g/mol. The van der Waals surface area contributed by atoms with E-state index in [1.165, 1.54) is 0 Å². The number of nitrogen functional groups attached to an aromatic ring is 1. The lowest BCUT2D eigenvalue weighted by Crippen LogP contribution is -2.23. The first-order chi connectivity index (χ1) is 6.91. The van der Waals surface area contributed by atoms with Gasteiger partial charge in [0.15, 0.2) is 0 Å². The number of hydrogen-bond donors (Lipinski definition) is 1. The molecule has 0 spiro atoms. The highest BCUT2D eigenvalue weighted by Crippen LogP contribution is 2.29. The van der Waals surface area contributed by atoms with E-state index in [2.05, 4.69) is 25.8 Å². The van der Waals surface area contributed by atoms with Gasteiger partial charge in [0.2, 0.25) is 5.95 Å². The minimum atomic E-state index is -0.0937. The van der Waals surface area contributed by atoms with Crippen molar-refractivity contribution in [2.24, 2.45) is 0 Å². The highest BCUT2D eigenvalue weighted by molar-refractivity contribution is 6.35. The fraction of sp³-hybridized carbons (Fsp3) is 0.364. The van der Waals surface area contributed by atoms with Crippen LogP contribution in [0.15, 0.2) is 18.2 Å². The Morgan fingerprint density at radius 3 is 2.60 bits per heavy atom. The summed E-state index contributed by atoms with van der Waals surface area (Å²) >= 11 is 6.06. The summed E-state index contributed by atoms with van der Waals surface area (Å²) in [6.45, 7) is 6.27. The summed E-state index contributed by atoms with van der Waals surface area (Å²) in [4.78, 5) is 4.29. The van der Waals surface area contributed by atoms with Crippen LogP contribution < -0.4 is 5.73 Å². The van der Waals surface area contributed by atoms with Crippen LogP contribution in [-0.4, -0.2) is 9.55 Å². The molecule has 0 radical (unpaired) electrons. The lowest BCUT2D eigenvalue weighted by Gasteiger charge is -2.23. The van der Waals surface area contributed by atoms with E-state index in [4.69, 9.17) is 17.3 Å². The summed E-state index contributed by atoms with van der Waals surface area (Å²) in [6, 6.07) is 5.72. The van der Waals surface area contributed by atoms with Crippen LogP contribution in [0.1, 0.15) is 20.8 Å². The molecule has 0 fully saturated rings. The number of anilines is 1. The van der Waals surface area contributed by atoms with Gasteiger partial charge in [-0.1, -0.05) is 17.7 Å². The number of hydrogen-bond acceptors (Lipinski definition) is 2. The Morgan fingerprint density at radius 1 is 1.33 bits per heavy atom. The number of imidazole rings is 1. The molecule has 1 aromatic carbocycles. The predicted molar refractivity (Wildman–Crippen MR) is 64.2 cm³/mol. The number of nitrogens with two attached hydrogens (primary N) is 1. The quantitative estimate of drug-likeness (QED) is 0.746. The van der Waals surface area contributed by atoms with Gasteiger partial charge in [-0.15, -0.1) is 0 Å². The predicted octanol–water partition coefficient (Wildman–Crippen LogP) is 3.03. The molecule has 2 aromatic rings. The minimum Gasteiger partial charge on any atom is -0.369 e. The zero-order valence-corrected chi connectivity index (χ0v) is 9.84. The molecular weight excluding hydrogens is 210 g/mol. The first-order valence-electron chi connectivity index (χ1n) is 4.84. The molecule has 80 valence electrons. The molecule has 0 amide bonds. The number of rotatable bonds is 0. The second kappa shape index (κ2) is 3.14. The van der Waals surface area contributed by atoms with Crippen LogP contribution in [0.5, 0.6) is 0 Å². The standard InChI is InChI=1S/C11H14ClN3/c1-11(2,3)15-8-6-4-5-7(12)9(8)14-10(15)13/h4-6H,1-3H3,(H2,13,14). The second-order valence-corrected chi connectivity index (χ2v) is 4.99. The van der Waals surface area contributed by atoms with Crippen molar-refractivity contribution in [1.29, 1.82) is 0 Å². The van der Waals surface area contributed by atoms with Gasteiger partial charge < -0.3 is 10.3 Å². The maximum absolute atomic E-state index is 6.06. The first kappa shape index (κ1) is 10.3. The molecule has 1 aromatic heterocycles. The van der Waals surface area contributed by atoms with Crippen molar-refractivity contribution in [2.75, 3.05) is 5.73 Å². The second-order valence-electron chi connectivity index (χ2n) is 4.58. The van der Waals surface area contributed by atoms with E-state index < -0.39 is 0 Å². The smallest absolute Gasteiger partial charge is 0.201 e. The third-order valence-electron chi connectivity index (χ3n) is 2.33. The van der Waals surface area contributed by atoms with E-state index >= 15 is 0 Å². The molecule has 0 unspecified atom stereocenters. The number of halogens is 1. The first-order valence-corrected chi connectivity index (χ1v) is 5.22. The molecule has 0 atom stereocenters. The molecule has 2 N–H and O–H groups in total. The van der Waals surface area contributed by atoms with Crippen molar-refractivity contribution in [1.82, 2.24) is 9.55 Å². The van der Waals surface area contributed by atoms with Crippen LogP contribution in [0, 0.1) is 0 Å². The Hall–Kier alpha value is -1.22. The minimum absolute atomic E-state index is 0.0937. The monoisotopic (exact) mass is 223 g/mol. The van der Waals surface area contributed by atoms with E-state index in [0.717, 1.165) is 11.0 Å². The number of aromatic nitrogens is 2. The molecule has 3 nitrogen and oxygen atoms in total. The highest BCUT2D eigenvalue weighted by atomic mass is 35.5. The maximum atomic E-state index is 6.06. The number of para-hydroxylation sites is 1. The lowest BCUT2D eigenvalue weighted by atomic mass is 10.1. The molecule has 0 saturated carbocycles. The van der Waals surface area contributed by atoms with Gasteiger partial charge in [0.1, 0.15) is 5.52 Å². The van der Waals surface area contributed by atoms with E-state index in [0.29, 0.717) is 11.0 Å². The third-order valence-corrected chi connectivity index (χ3v) is 2.64. The molecule has 0 aliphatic carbocycles. The zero-order valence-electron chi connectivity index (χ0n) is 9.08. The van der Waals surface area contributed by atoms with Crippen LogP contribution in [-0.2, 0) is 5.54 Å². The summed E-state index contributed by atoms with van der Waals surface area (Å²) in [5, 5.41) is 0.641. The molecule has 0 aliphatic rings. The normalized spacial score (nSPS) is 12.3. The van der Waals surface area contributed by atoms with Crippen molar-refractivity contribution >= 4 is 28.6 Å². The van der Waals surface area contributed by atoms with Crippen LogP contribution in [0.3, 0.4) is 0 Å². The van der Waals surface area contributed by atoms with Crippen LogP contribution >= 0.6 is 11.6 Å². The number of fused-ring (bicyclic) bond motifs is 1. The maximum Gasteiger partial charge on any atom is 0.201 e. The fourth-order valence-electron chi connectivity index (χ4n) is 1.79. The third kappa shape index (κ3) is 1.57. The summed E-state index contributed by atoms with van der Waals surface area (Å²) in [5.41, 5.74) is 7.56. The molecule has 2 rings (SSSR count). The molecular formula is C11H14ClN3. The molecule has 0 aliphatic heterocycles. The van der Waals surface area contributed by atoms with Crippen molar-refractivity contribution in [3.8, 4) is 0 Å². The summed E-state index contributed by atoms with van der Waals surface area (Å²) < 4.78 is 1.99. The Morgan fingerprint density at radius 2 is 2.00 bits per heavy atom. The molecule has 1 heterocycles. The Labute approximate surface area is 93.9 Å². The van der Waals surface area contributed by atoms with E-state index in [1.807, 2.05) is 22.8 Å². The molecule has 0 saturated heterocycles. The topological polar surface area (TPSA) is 43.8 Å². The number of nitrogens with zero attached hydrogens (tertiary/aromatic N) is 2. The van der Waals surface area contributed by atoms with Crippen molar-refractivity contribution in [2.45, 2.75) is 26.3 Å². The summed E-state index contributed by atoms with van der Waals surface area (Å²) in [5.74, 6) is 0.505. The Kier molecular flexibility index (Phi) is 2.15.